The molecule has 8 heteroatoms. The molecule has 0 aliphatic carbocycles. The van der Waals surface area contributed by atoms with Crippen LogP contribution in [0.4, 0.5) is 17.6 Å². The van der Waals surface area contributed by atoms with E-state index in [9.17, 15) is 26.6 Å². The Bertz CT molecular complexity index is 545. The lowest BCUT2D eigenvalue weighted by Gasteiger charge is -2.14. The second-order valence-corrected chi connectivity index (χ2v) is 6.19. The number of hydrogen-bond acceptors (Lipinski definition) is 2. The van der Waals surface area contributed by atoms with Gasteiger partial charge in [0.2, 0.25) is 0 Å². The van der Waals surface area contributed by atoms with Gasteiger partial charge in [0.25, 0.3) is 5.91 Å². The first-order valence-corrected chi connectivity index (χ1v) is 7.81. The number of halogens is 4. The molecule has 21 heavy (non-hydrogen) atoms. The second kappa shape index (κ2) is 7.02. The molecule has 1 aromatic carbocycles. The molecule has 0 radical (unpaired) electrons. The summed E-state index contributed by atoms with van der Waals surface area (Å²) < 4.78 is 62.1. The van der Waals surface area contributed by atoms with Gasteiger partial charge in [0, 0.05) is 28.9 Å². The molecular formula is C13H15F4NO2S. The van der Waals surface area contributed by atoms with Gasteiger partial charge >= 0.3 is 6.18 Å². The van der Waals surface area contributed by atoms with Gasteiger partial charge in [-0.15, -0.1) is 0 Å². The van der Waals surface area contributed by atoms with E-state index in [1.54, 1.807) is 6.92 Å². The molecule has 2 unspecified atom stereocenters. The smallest absolute Gasteiger partial charge is 0.349 e. The zero-order chi connectivity index (χ0) is 16.2. The third-order valence-corrected chi connectivity index (χ3v) is 3.56. The van der Waals surface area contributed by atoms with E-state index in [2.05, 4.69) is 5.32 Å². The van der Waals surface area contributed by atoms with Crippen molar-refractivity contribution in [2.75, 3.05) is 12.0 Å². The third kappa shape index (κ3) is 5.45. The van der Waals surface area contributed by atoms with Gasteiger partial charge in [0.1, 0.15) is 5.82 Å². The topological polar surface area (TPSA) is 46.2 Å². The minimum atomic E-state index is -4.65. The number of amides is 1. The fourth-order valence-corrected chi connectivity index (χ4v) is 2.28. The summed E-state index contributed by atoms with van der Waals surface area (Å²) in [6, 6.07) is 1.25. The quantitative estimate of drug-likeness (QED) is 0.846. The largest absolute Gasteiger partial charge is 0.416 e. The average molecular weight is 325 g/mol. The molecule has 1 N–H and O–H groups in total. The molecule has 0 aromatic heterocycles. The summed E-state index contributed by atoms with van der Waals surface area (Å²) in [5, 5.41) is 2.39. The molecule has 0 bridgehead atoms. The van der Waals surface area contributed by atoms with Crippen molar-refractivity contribution in [3.05, 3.63) is 35.1 Å². The Hall–Kier alpha value is -1.44. The van der Waals surface area contributed by atoms with Gasteiger partial charge < -0.3 is 5.32 Å². The Morgan fingerprint density at radius 1 is 1.38 bits per heavy atom. The monoisotopic (exact) mass is 325 g/mol. The number of carbonyl (C=O) groups excluding carboxylic acids is 1. The third-order valence-electron chi connectivity index (χ3n) is 2.75. The van der Waals surface area contributed by atoms with Crippen LogP contribution in [0, 0.1) is 5.82 Å². The predicted octanol–water partition coefficient (Wildman–Crippen LogP) is 2.73. The van der Waals surface area contributed by atoms with Crippen molar-refractivity contribution in [3.8, 4) is 0 Å². The van der Waals surface area contributed by atoms with Gasteiger partial charge in [0.15, 0.2) is 0 Å². The Kier molecular flexibility index (Phi) is 5.88. The van der Waals surface area contributed by atoms with Gasteiger partial charge in [0.05, 0.1) is 11.1 Å². The van der Waals surface area contributed by atoms with E-state index in [0.29, 0.717) is 30.4 Å². The number of hydrogen-bond donors (Lipinski definition) is 1. The summed E-state index contributed by atoms with van der Waals surface area (Å²) >= 11 is 0. The Balaban J connectivity index is 2.84. The fourth-order valence-electron chi connectivity index (χ4n) is 1.59. The second-order valence-electron chi connectivity index (χ2n) is 4.63. The Morgan fingerprint density at radius 2 is 2.00 bits per heavy atom. The summed E-state index contributed by atoms with van der Waals surface area (Å²) in [4.78, 5) is 11.8. The molecule has 0 aliphatic rings. The lowest BCUT2D eigenvalue weighted by Crippen LogP contribution is -2.34. The van der Waals surface area contributed by atoms with E-state index in [4.69, 9.17) is 0 Å². The standard InChI is InChI=1S/C13H15F4NO2S/c1-8(5-6-21(2)20)18-12(19)10-7-9(13(15,16)17)3-4-11(10)14/h3-4,7-8H,5-6H2,1-2H3,(H,18,19). The fraction of sp³-hybridized carbons (Fsp3) is 0.462. The molecular weight excluding hydrogens is 310 g/mol. The van der Waals surface area contributed by atoms with Crippen LogP contribution >= 0.6 is 0 Å². The van der Waals surface area contributed by atoms with Gasteiger partial charge in [-0.3, -0.25) is 9.00 Å². The van der Waals surface area contributed by atoms with Gasteiger partial charge in [-0.05, 0) is 31.5 Å². The zero-order valence-electron chi connectivity index (χ0n) is 11.5. The summed E-state index contributed by atoms with van der Waals surface area (Å²) in [5.74, 6) is -1.60. The van der Waals surface area contributed by atoms with Crippen LogP contribution in [0.3, 0.4) is 0 Å². The SMILES string of the molecule is CC(CCS(C)=O)NC(=O)c1cc(C(F)(F)F)ccc1F. The number of nitrogens with one attached hydrogen (secondary N) is 1. The number of benzene rings is 1. The van der Waals surface area contributed by atoms with E-state index in [1.807, 2.05) is 0 Å². The van der Waals surface area contributed by atoms with E-state index < -0.39 is 45.9 Å². The van der Waals surface area contributed by atoms with Crippen LogP contribution < -0.4 is 5.32 Å². The van der Waals surface area contributed by atoms with Crippen molar-refractivity contribution >= 4 is 16.7 Å². The van der Waals surface area contributed by atoms with E-state index in [0.717, 1.165) is 0 Å². The molecule has 1 amide bonds. The van der Waals surface area contributed by atoms with Crippen LogP contribution in [-0.4, -0.2) is 28.2 Å². The molecule has 0 fully saturated rings. The molecule has 3 nitrogen and oxygen atoms in total. The van der Waals surface area contributed by atoms with Crippen LogP contribution in [0.15, 0.2) is 18.2 Å². The summed E-state index contributed by atoms with van der Waals surface area (Å²) in [6.07, 6.45) is -2.76. The maximum atomic E-state index is 13.5. The van der Waals surface area contributed by atoms with Crippen LogP contribution in [-0.2, 0) is 17.0 Å². The Labute approximate surface area is 122 Å². The summed E-state index contributed by atoms with van der Waals surface area (Å²) in [5.41, 5.74) is -1.74. The molecule has 0 heterocycles. The average Bonchev–Trinajstić information content (AvgIpc) is 2.35. The Morgan fingerprint density at radius 3 is 2.52 bits per heavy atom. The van der Waals surface area contributed by atoms with Crippen LogP contribution in [0.2, 0.25) is 0 Å². The molecule has 0 saturated carbocycles. The van der Waals surface area contributed by atoms with Crippen molar-refractivity contribution in [2.45, 2.75) is 25.6 Å². The number of alkyl halides is 3. The first-order chi connectivity index (χ1) is 9.61. The van der Waals surface area contributed by atoms with Crippen molar-refractivity contribution in [1.82, 2.24) is 5.32 Å². The summed E-state index contributed by atoms with van der Waals surface area (Å²) in [7, 11) is -1.04. The van der Waals surface area contributed by atoms with Gasteiger partial charge in [-0.2, -0.15) is 13.2 Å². The van der Waals surface area contributed by atoms with Gasteiger partial charge in [-0.1, -0.05) is 0 Å². The highest BCUT2D eigenvalue weighted by Crippen LogP contribution is 2.30. The first kappa shape index (κ1) is 17.6. The van der Waals surface area contributed by atoms with E-state index in [1.165, 1.54) is 6.26 Å². The van der Waals surface area contributed by atoms with Crippen molar-refractivity contribution in [2.24, 2.45) is 0 Å². The van der Waals surface area contributed by atoms with Gasteiger partial charge in [-0.25, -0.2) is 4.39 Å². The van der Waals surface area contributed by atoms with E-state index >= 15 is 0 Å². The molecule has 0 saturated heterocycles. The normalized spacial score (nSPS) is 14.6. The van der Waals surface area contributed by atoms with E-state index in [-0.39, 0.29) is 0 Å². The highest BCUT2D eigenvalue weighted by Gasteiger charge is 2.32. The molecule has 1 rings (SSSR count). The minimum Gasteiger partial charge on any atom is -0.349 e. The van der Waals surface area contributed by atoms with Crippen molar-refractivity contribution < 1.29 is 26.6 Å². The number of rotatable bonds is 5. The van der Waals surface area contributed by atoms with Crippen molar-refractivity contribution in [3.63, 3.8) is 0 Å². The molecule has 118 valence electrons. The predicted molar refractivity (Wildman–Crippen MR) is 71.9 cm³/mol. The number of carbonyl (C=O) groups is 1. The maximum absolute atomic E-state index is 13.5. The lowest BCUT2D eigenvalue weighted by atomic mass is 10.1. The van der Waals surface area contributed by atoms with Crippen molar-refractivity contribution in [1.29, 1.82) is 0 Å². The van der Waals surface area contributed by atoms with Crippen LogP contribution in [0.5, 0.6) is 0 Å². The highest BCUT2D eigenvalue weighted by molar-refractivity contribution is 7.84. The molecule has 0 spiro atoms. The van der Waals surface area contributed by atoms with Crippen LogP contribution in [0.1, 0.15) is 29.3 Å². The minimum absolute atomic E-state index is 0.340. The lowest BCUT2D eigenvalue weighted by molar-refractivity contribution is -0.137. The molecule has 2 atom stereocenters. The zero-order valence-corrected chi connectivity index (χ0v) is 12.3. The first-order valence-electron chi connectivity index (χ1n) is 6.09. The van der Waals surface area contributed by atoms with Crippen LogP contribution in [0.25, 0.3) is 0 Å². The maximum Gasteiger partial charge on any atom is 0.416 e. The molecule has 0 aliphatic heterocycles. The highest BCUT2D eigenvalue weighted by atomic mass is 32.2. The molecule has 1 aromatic rings. The summed E-state index contributed by atoms with van der Waals surface area (Å²) in [6.45, 7) is 1.61.